The summed E-state index contributed by atoms with van der Waals surface area (Å²) in [5.74, 6) is 0.833. The first-order chi connectivity index (χ1) is 17.6. The molecule has 0 radical (unpaired) electrons. The fraction of sp³-hybridized carbons (Fsp3) is 0.552. The number of anilines is 2. The van der Waals surface area contributed by atoms with Crippen molar-refractivity contribution in [2.24, 2.45) is 5.92 Å². The zero-order valence-electron chi connectivity index (χ0n) is 22.9. The first kappa shape index (κ1) is 29.6. The summed E-state index contributed by atoms with van der Waals surface area (Å²) in [7, 11) is 0. The van der Waals surface area contributed by atoms with Crippen molar-refractivity contribution in [1.29, 1.82) is 0 Å². The molecule has 1 saturated heterocycles. The van der Waals surface area contributed by atoms with Gasteiger partial charge in [-0.15, -0.1) is 0 Å². The number of halogens is 1. The molecule has 1 amide bonds. The molecule has 1 N–H and O–H groups in total. The quantitative estimate of drug-likeness (QED) is 0.406. The summed E-state index contributed by atoms with van der Waals surface area (Å²) in [6, 6.07) is 14.6. The van der Waals surface area contributed by atoms with E-state index in [1.807, 2.05) is 19.9 Å². The molecular weight excluding hydrogens is 506 g/mol. The van der Waals surface area contributed by atoms with Crippen molar-refractivity contribution < 1.29 is 14.6 Å². The third-order valence-electron chi connectivity index (χ3n) is 6.15. The average Bonchev–Trinajstić information content (AvgIpc) is 2.83. The average molecular weight is 548 g/mol. The lowest BCUT2D eigenvalue weighted by atomic mass is 10.1. The van der Waals surface area contributed by atoms with Gasteiger partial charge in [0, 0.05) is 60.6 Å². The molecular formula is C29H42ClN3O3S. The van der Waals surface area contributed by atoms with E-state index in [1.54, 1.807) is 16.7 Å². The van der Waals surface area contributed by atoms with Crippen LogP contribution >= 0.6 is 23.4 Å². The Morgan fingerprint density at radius 3 is 2.35 bits per heavy atom. The molecule has 204 valence electrons. The van der Waals surface area contributed by atoms with Gasteiger partial charge in [-0.25, -0.2) is 4.79 Å². The van der Waals surface area contributed by atoms with Gasteiger partial charge in [-0.1, -0.05) is 56.3 Å². The molecule has 2 aliphatic heterocycles. The molecule has 37 heavy (non-hydrogen) atoms. The van der Waals surface area contributed by atoms with E-state index in [1.165, 1.54) is 21.2 Å². The van der Waals surface area contributed by atoms with Gasteiger partial charge in [0.05, 0.1) is 11.4 Å². The van der Waals surface area contributed by atoms with Crippen molar-refractivity contribution in [3.8, 4) is 0 Å². The Kier molecular flexibility index (Phi) is 11.0. The smallest absolute Gasteiger partial charge is 0.410 e. The summed E-state index contributed by atoms with van der Waals surface area (Å²) in [4.78, 5) is 21.5. The Balaban J connectivity index is 0.000000886. The minimum absolute atomic E-state index is 0.00488. The van der Waals surface area contributed by atoms with Gasteiger partial charge in [-0.2, -0.15) is 0 Å². The first-order valence-corrected chi connectivity index (χ1v) is 14.4. The van der Waals surface area contributed by atoms with Crippen molar-refractivity contribution >= 4 is 40.8 Å². The number of amides is 1. The largest absolute Gasteiger partial charge is 0.443 e. The molecule has 0 bridgehead atoms. The number of piperazine rings is 1. The van der Waals surface area contributed by atoms with Crippen LogP contribution in [0.2, 0.25) is 5.02 Å². The van der Waals surface area contributed by atoms with Crippen LogP contribution in [0.3, 0.4) is 0 Å². The molecule has 2 aromatic rings. The van der Waals surface area contributed by atoms with E-state index in [0.29, 0.717) is 19.5 Å². The van der Waals surface area contributed by atoms with Crippen LogP contribution in [0.15, 0.2) is 52.3 Å². The number of nitrogens with zero attached hydrogens (tertiary/aromatic N) is 3. The Morgan fingerprint density at radius 1 is 1.03 bits per heavy atom. The highest BCUT2D eigenvalue weighted by molar-refractivity contribution is 7.99. The van der Waals surface area contributed by atoms with Crippen LogP contribution in [0.1, 0.15) is 47.5 Å². The Morgan fingerprint density at radius 2 is 1.68 bits per heavy atom. The number of ether oxygens (including phenoxy) is 1. The molecule has 0 spiro atoms. The van der Waals surface area contributed by atoms with Crippen molar-refractivity contribution in [3.05, 3.63) is 47.5 Å². The van der Waals surface area contributed by atoms with Gasteiger partial charge < -0.3 is 19.6 Å². The lowest BCUT2D eigenvalue weighted by Gasteiger charge is -2.37. The summed E-state index contributed by atoms with van der Waals surface area (Å²) >= 11 is 8.11. The van der Waals surface area contributed by atoms with Gasteiger partial charge in [0.2, 0.25) is 0 Å². The van der Waals surface area contributed by atoms with E-state index in [2.05, 4.69) is 67.0 Å². The summed E-state index contributed by atoms with van der Waals surface area (Å²) in [5, 5.41) is 9.89. The molecule has 1 fully saturated rings. The maximum atomic E-state index is 12.5. The molecule has 2 aromatic carbocycles. The van der Waals surface area contributed by atoms with Gasteiger partial charge in [-0.05, 0) is 63.1 Å². The lowest BCUT2D eigenvalue weighted by molar-refractivity contribution is -0.00755. The van der Waals surface area contributed by atoms with E-state index in [9.17, 15) is 4.79 Å². The van der Waals surface area contributed by atoms with Crippen LogP contribution in [0.4, 0.5) is 16.2 Å². The minimum Gasteiger partial charge on any atom is -0.443 e. The molecule has 2 heterocycles. The Hall–Kier alpha value is -1.93. The summed E-state index contributed by atoms with van der Waals surface area (Å²) in [6.07, 6.45) is 1.16. The number of rotatable bonds is 7. The highest BCUT2D eigenvalue weighted by Crippen LogP contribution is 2.48. The Bertz CT molecular complexity index is 1020. The zero-order chi connectivity index (χ0) is 27.0. The van der Waals surface area contributed by atoms with Crippen LogP contribution < -0.4 is 4.90 Å². The normalized spacial score (nSPS) is 15.6. The lowest BCUT2D eigenvalue weighted by Crippen LogP contribution is -2.50. The fourth-order valence-electron chi connectivity index (χ4n) is 4.27. The van der Waals surface area contributed by atoms with E-state index in [0.717, 1.165) is 43.5 Å². The predicted octanol–water partition coefficient (Wildman–Crippen LogP) is 6.91. The molecule has 0 unspecified atom stereocenters. The van der Waals surface area contributed by atoms with E-state index < -0.39 is 5.60 Å². The maximum Gasteiger partial charge on any atom is 0.410 e. The number of carbonyl (C=O) groups is 1. The predicted molar refractivity (Wildman–Crippen MR) is 154 cm³/mol. The molecule has 0 atom stereocenters. The molecule has 0 aliphatic carbocycles. The molecule has 4 rings (SSSR count). The molecule has 6 nitrogen and oxygen atoms in total. The zero-order valence-corrected chi connectivity index (χ0v) is 24.4. The van der Waals surface area contributed by atoms with Crippen molar-refractivity contribution in [2.75, 3.05) is 50.8 Å². The number of aliphatic hydroxyl groups is 1. The third kappa shape index (κ3) is 8.81. The highest BCUT2D eigenvalue weighted by atomic mass is 35.5. The van der Waals surface area contributed by atoms with Crippen LogP contribution in [0.25, 0.3) is 0 Å². The Labute approximate surface area is 231 Å². The number of fused-ring (bicyclic) bond motifs is 2. The highest BCUT2D eigenvalue weighted by Gasteiger charge is 2.28. The molecule has 8 heteroatoms. The van der Waals surface area contributed by atoms with Crippen LogP contribution in [-0.4, -0.2) is 72.5 Å². The summed E-state index contributed by atoms with van der Waals surface area (Å²) in [5.41, 5.74) is 1.75. The maximum absolute atomic E-state index is 12.5. The topological polar surface area (TPSA) is 56.3 Å². The number of hydrogen-bond acceptors (Lipinski definition) is 6. The number of hydrogen-bond donors (Lipinski definition) is 1. The van der Waals surface area contributed by atoms with Gasteiger partial charge in [0.25, 0.3) is 0 Å². The fourth-order valence-corrected chi connectivity index (χ4v) is 5.51. The summed E-state index contributed by atoms with van der Waals surface area (Å²) in [6.45, 7) is 15.0. The molecule has 0 aromatic heterocycles. The van der Waals surface area contributed by atoms with Crippen LogP contribution in [-0.2, 0) is 4.74 Å². The SMILES string of the molecule is CC(C)(CCO)OC(=O)N1CCN(CCCN2c3ccccc3Sc3ccc(Cl)cc32)CC1.CC(C)C. The second-order valence-corrected chi connectivity index (χ2v) is 12.4. The minimum atomic E-state index is -0.648. The standard InChI is InChI=1S/C25H32ClN3O3S.C4H10/c1-25(2,10-17-30)32-24(31)28-15-13-27(14-16-28)11-5-12-29-20-6-3-4-7-22(20)33-23-9-8-19(26)18-21(23)29;1-4(2)3/h3-4,6-9,18,30H,5,10-17H2,1-2H3;4H,1-3H3. The number of carbonyl (C=O) groups excluding carboxylic acids is 1. The van der Waals surface area contributed by atoms with E-state index >= 15 is 0 Å². The number of para-hydroxylation sites is 1. The second kappa shape index (κ2) is 13.7. The monoisotopic (exact) mass is 547 g/mol. The van der Waals surface area contributed by atoms with E-state index in [4.69, 9.17) is 21.4 Å². The van der Waals surface area contributed by atoms with Gasteiger partial charge in [0.1, 0.15) is 5.60 Å². The van der Waals surface area contributed by atoms with Gasteiger partial charge in [0.15, 0.2) is 0 Å². The van der Waals surface area contributed by atoms with Crippen LogP contribution in [0.5, 0.6) is 0 Å². The van der Waals surface area contributed by atoms with Gasteiger partial charge in [-0.3, -0.25) is 4.90 Å². The molecule has 0 saturated carbocycles. The summed E-state index contributed by atoms with van der Waals surface area (Å²) < 4.78 is 5.58. The van der Waals surface area contributed by atoms with Crippen LogP contribution in [0, 0.1) is 5.92 Å². The second-order valence-electron chi connectivity index (χ2n) is 10.8. The number of benzene rings is 2. The van der Waals surface area contributed by atoms with Gasteiger partial charge >= 0.3 is 6.09 Å². The van der Waals surface area contributed by atoms with Crippen molar-refractivity contribution in [1.82, 2.24) is 9.80 Å². The third-order valence-corrected chi connectivity index (χ3v) is 7.52. The first-order valence-electron chi connectivity index (χ1n) is 13.2. The van der Waals surface area contributed by atoms with Crippen molar-refractivity contribution in [2.45, 2.75) is 62.9 Å². The molecule has 2 aliphatic rings. The van der Waals surface area contributed by atoms with E-state index in [-0.39, 0.29) is 12.7 Å². The number of aliphatic hydroxyl groups excluding tert-OH is 1. The van der Waals surface area contributed by atoms with Crippen molar-refractivity contribution in [3.63, 3.8) is 0 Å².